The Hall–Kier alpha value is -3.98. The van der Waals surface area contributed by atoms with Gasteiger partial charge in [0.1, 0.15) is 17.3 Å². The Morgan fingerprint density at radius 2 is 1.96 bits per heavy atom. The van der Waals surface area contributed by atoms with Gasteiger partial charge in [0.25, 0.3) is 0 Å². The molecule has 0 aliphatic carbocycles. The number of hydrogen-bond donors (Lipinski definition) is 2. The highest BCUT2D eigenvalue weighted by Gasteiger charge is 2.25. The van der Waals surface area contributed by atoms with Crippen LogP contribution >= 0.6 is 0 Å². The lowest BCUT2D eigenvalue weighted by molar-refractivity contribution is 1.25. The molecule has 0 amide bonds. The Morgan fingerprint density at radius 3 is 2.85 bits per heavy atom. The SMILES string of the molecule is Cc1cccc(C#N)c1-c1nc2c([nH]1)-c1ccncc1Nc1ncccc1-2. The van der Waals surface area contributed by atoms with Crippen LogP contribution in [0.4, 0.5) is 11.5 Å². The van der Waals surface area contributed by atoms with Gasteiger partial charge in [-0.25, -0.2) is 9.97 Å². The van der Waals surface area contributed by atoms with E-state index in [1.807, 2.05) is 43.3 Å². The molecule has 6 nitrogen and oxygen atoms in total. The van der Waals surface area contributed by atoms with Crippen molar-refractivity contribution in [2.45, 2.75) is 6.92 Å². The molecule has 3 aromatic heterocycles. The molecule has 5 rings (SSSR count). The Kier molecular flexibility index (Phi) is 3.27. The van der Waals surface area contributed by atoms with E-state index in [4.69, 9.17) is 4.98 Å². The number of aromatic amines is 1. The van der Waals surface area contributed by atoms with E-state index < -0.39 is 0 Å². The van der Waals surface area contributed by atoms with Gasteiger partial charge in [-0.05, 0) is 36.8 Å². The molecule has 4 aromatic rings. The molecule has 128 valence electrons. The van der Waals surface area contributed by atoms with Crippen LogP contribution in [0.3, 0.4) is 0 Å². The maximum Gasteiger partial charge on any atom is 0.140 e. The van der Waals surface area contributed by atoms with E-state index >= 15 is 0 Å². The summed E-state index contributed by atoms with van der Waals surface area (Å²) >= 11 is 0. The number of anilines is 2. The number of nitrogens with one attached hydrogen (secondary N) is 2. The molecule has 0 unspecified atom stereocenters. The molecule has 1 aromatic carbocycles. The lowest BCUT2D eigenvalue weighted by atomic mass is 10.0. The monoisotopic (exact) mass is 350 g/mol. The van der Waals surface area contributed by atoms with E-state index in [1.54, 1.807) is 18.6 Å². The summed E-state index contributed by atoms with van der Waals surface area (Å²) in [6, 6.07) is 13.8. The highest BCUT2D eigenvalue weighted by Crippen LogP contribution is 2.43. The Balaban J connectivity index is 1.84. The molecule has 0 bridgehead atoms. The third-order valence-corrected chi connectivity index (χ3v) is 4.74. The van der Waals surface area contributed by atoms with Gasteiger partial charge in [0.2, 0.25) is 0 Å². The standard InChI is InChI=1S/C21H14N6/c1-12-4-2-5-13(10-22)17(12)21-26-18-14-7-9-23-11-16(14)25-20-15(19(18)27-21)6-3-8-24-20/h2-9,11H,1H3,(H,24,25)(H,26,27). The van der Waals surface area contributed by atoms with Gasteiger partial charge in [0, 0.05) is 29.1 Å². The van der Waals surface area contributed by atoms with Crippen LogP contribution in [0.1, 0.15) is 11.1 Å². The zero-order valence-corrected chi connectivity index (χ0v) is 14.5. The first-order chi connectivity index (χ1) is 13.3. The summed E-state index contributed by atoms with van der Waals surface area (Å²) in [5, 5.41) is 12.9. The minimum atomic E-state index is 0.596. The molecule has 0 saturated heterocycles. The minimum Gasteiger partial charge on any atom is -0.338 e. The predicted molar refractivity (Wildman–Crippen MR) is 103 cm³/mol. The highest BCUT2D eigenvalue weighted by molar-refractivity contribution is 5.95. The predicted octanol–water partition coefficient (Wildman–Crippen LogP) is 4.44. The first kappa shape index (κ1) is 15.3. The molecule has 27 heavy (non-hydrogen) atoms. The van der Waals surface area contributed by atoms with Gasteiger partial charge in [-0.15, -0.1) is 0 Å². The number of fused-ring (bicyclic) bond motifs is 5. The van der Waals surface area contributed by atoms with Gasteiger partial charge in [-0.2, -0.15) is 5.26 Å². The van der Waals surface area contributed by atoms with Crippen molar-refractivity contribution in [3.05, 3.63) is 66.1 Å². The molecule has 6 heteroatoms. The Labute approximate surface area is 155 Å². The third-order valence-electron chi connectivity index (χ3n) is 4.74. The number of rotatable bonds is 1. The van der Waals surface area contributed by atoms with Gasteiger partial charge in [0.05, 0.1) is 29.2 Å². The summed E-state index contributed by atoms with van der Waals surface area (Å²) in [6.07, 6.45) is 5.27. The normalized spacial score (nSPS) is 11.4. The van der Waals surface area contributed by atoms with Crippen LogP contribution in [0.15, 0.2) is 55.0 Å². The summed E-state index contributed by atoms with van der Waals surface area (Å²) in [7, 11) is 0. The number of nitriles is 1. The molecular weight excluding hydrogens is 336 g/mol. The fourth-order valence-corrected chi connectivity index (χ4v) is 3.49. The van der Waals surface area contributed by atoms with Crippen LogP contribution in [-0.4, -0.2) is 19.9 Å². The van der Waals surface area contributed by atoms with Crippen LogP contribution in [-0.2, 0) is 0 Å². The number of pyridine rings is 2. The molecule has 2 N–H and O–H groups in total. The van der Waals surface area contributed by atoms with E-state index in [0.29, 0.717) is 11.4 Å². The maximum absolute atomic E-state index is 9.55. The van der Waals surface area contributed by atoms with Crippen molar-refractivity contribution in [2.75, 3.05) is 5.32 Å². The topological polar surface area (TPSA) is 90.3 Å². The van der Waals surface area contributed by atoms with Crippen LogP contribution in [0.2, 0.25) is 0 Å². The van der Waals surface area contributed by atoms with Crippen LogP contribution in [0.5, 0.6) is 0 Å². The summed E-state index contributed by atoms with van der Waals surface area (Å²) in [5.41, 5.74) is 6.82. The van der Waals surface area contributed by atoms with E-state index in [2.05, 4.69) is 26.3 Å². The van der Waals surface area contributed by atoms with Crippen molar-refractivity contribution in [1.29, 1.82) is 5.26 Å². The molecule has 0 spiro atoms. The van der Waals surface area contributed by atoms with Crippen LogP contribution in [0, 0.1) is 18.3 Å². The smallest absolute Gasteiger partial charge is 0.140 e. The average Bonchev–Trinajstić information content (AvgIpc) is 3.08. The van der Waals surface area contributed by atoms with E-state index in [9.17, 15) is 5.26 Å². The zero-order chi connectivity index (χ0) is 18.4. The second-order valence-corrected chi connectivity index (χ2v) is 6.36. The molecule has 0 fully saturated rings. The number of aryl methyl sites for hydroxylation is 1. The van der Waals surface area contributed by atoms with Gasteiger partial charge in [0.15, 0.2) is 0 Å². The number of aromatic nitrogens is 4. The fraction of sp³-hybridized carbons (Fsp3) is 0.0476. The summed E-state index contributed by atoms with van der Waals surface area (Å²) in [5.74, 6) is 1.41. The van der Waals surface area contributed by atoms with E-state index in [-0.39, 0.29) is 0 Å². The summed E-state index contributed by atoms with van der Waals surface area (Å²) in [4.78, 5) is 17.0. The van der Waals surface area contributed by atoms with Crippen molar-refractivity contribution in [1.82, 2.24) is 19.9 Å². The Bertz CT molecular complexity index is 1170. The lowest BCUT2D eigenvalue weighted by Crippen LogP contribution is -1.96. The number of hydrogen-bond acceptors (Lipinski definition) is 5. The van der Waals surface area contributed by atoms with Crippen molar-refractivity contribution >= 4 is 11.5 Å². The molecule has 0 saturated carbocycles. The second kappa shape index (κ2) is 5.78. The van der Waals surface area contributed by atoms with E-state index in [0.717, 1.165) is 45.1 Å². The van der Waals surface area contributed by atoms with Gasteiger partial charge in [-0.1, -0.05) is 12.1 Å². The second-order valence-electron chi connectivity index (χ2n) is 6.36. The van der Waals surface area contributed by atoms with Crippen molar-refractivity contribution in [2.24, 2.45) is 0 Å². The number of imidazole rings is 1. The lowest BCUT2D eigenvalue weighted by Gasteiger charge is -2.08. The molecular formula is C21H14N6. The minimum absolute atomic E-state index is 0.596. The quantitative estimate of drug-likeness (QED) is 0.466. The molecule has 1 aliphatic rings. The first-order valence-electron chi connectivity index (χ1n) is 8.53. The number of benzene rings is 1. The number of nitrogens with zero attached hydrogens (tertiary/aromatic N) is 4. The van der Waals surface area contributed by atoms with Crippen LogP contribution < -0.4 is 5.32 Å². The summed E-state index contributed by atoms with van der Waals surface area (Å²) < 4.78 is 0. The third kappa shape index (κ3) is 2.29. The molecule has 4 heterocycles. The Morgan fingerprint density at radius 1 is 1.04 bits per heavy atom. The number of H-pyrrole nitrogens is 1. The average molecular weight is 350 g/mol. The molecule has 0 atom stereocenters. The molecule has 0 radical (unpaired) electrons. The van der Waals surface area contributed by atoms with Crippen LogP contribution in [0.25, 0.3) is 33.9 Å². The first-order valence-corrected chi connectivity index (χ1v) is 8.53. The van der Waals surface area contributed by atoms with E-state index in [1.165, 1.54) is 0 Å². The highest BCUT2D eigenvalue weighted by atomic mass is 15.0. The van der Waals surface area contributed by atoms with Gasteiger partial charge >= 0.3 is 0 Å². The maximum atomic E-state index is 9.55. The van der Waals surface area contributed by atoms with Crippen molar-refractivity contribution < 1.29 is 0 Å². The van der Waals surface area contributed by atoms with Gasteiger partial charge in [-0.3, -0.25) is 4.98 Å². The zero-order valence-electron chi connectivity index (χ0n) is 14.5. The summed E-state index contributed by atoms with van der Waals surface area (Å²) in [6.45, 7) is 1.98. The van der Waals surface area contributed by atoms with Crippen molar-refractivity contribution in [3.63, 3.8) is 0 Å². The largest absolute Gasteiger partial charge is 0.338 e. The van der Waals surface area contributed by atoms with Gasteiger partial charge < -0.3 is 10.3 Å². The molecule has 1 aliphatic heterocycles. The van der Waals surface area contributed by atoms with Crippen molar-refractivity contribution in [3.8, 4) is 40.0 Å². The fourth-order valence-electron chi connectivity index (χ4n) is 3.49.